The van der Waals surface area contributed by atoms with Crippen molar-refractivity contribution in [3.63, 3.8) is 0 Å². The molecule has 0 saturated carbocycles. The van der Waals surface area contributed by atoms with Crippen LogP contribution >= 0.6 is 0 Å². The zero-order valence-electron chi connectivity index (χ0n) is 14.4. The predicted molar refractivity (Wildman–Crippen MR) is 95.0 cm³/mol. The minimum Gasteiger partial charge on any atom is -0.488 e. The Morgan fingerprint density at radius 1 is 0.960 bits per heavy atom. The summed E-state index contributed by atoms with van der Waals surface area (Å²) in [6.45, 7) is 3.44. The van der Waals surface area contributed by atoms with Gasteiger partial charge >= 0.3 is 0 Å². The van der Waals surface area contributed by atoms with E-state index in [4.69, 9.17) is 4.74 Å². The van der Waals surface area contributed by atoms with E-state index >= 15 is 0 Å². The van der Waals surface area contributed by atoms with Crippen molar-refractivity contribution in [1.29, 1.82) is 0 Å². The third-order valence-electron chi connectivity index (χ3n) is 5.46. The molecule has 0 N–H and O–H groups in total. The van der Waals surface area contributed by atoms with Gasteiger partial charge in [0.2, 0.25) is 5.91 Å². The molecule has 1 aromatic carbocycles. The number of piperidine rings is 1. The fraction of sp³-hybridized carbons (Fsp3) is 0.500. The van der Waals surface area contributed by atoms with E-state index in [0.717, 1.165) is 50.1 Å². The first-order valence-corrected chi connectivity index (χ1v) is 9.23. The summed E-state index contributed by atoms with van der Waals surface area (Å²) in [4.78, 5) is 29.2. The lowest BCUT2D eigenvalue weighted by molar-refractivity contribution is -0.138. The average molecular weight is 340 g/mol. The van der Waals surface area contributed by atoms with Crippen LogP contribution in [0.25, 0.3) is 6.08 Å². The molecule has 0 radical (unpaired) electrons. The average Bonchev–Trinajstić information content (AvgIpc) is 3.21. The Morgan fingerprint density at radius 3 is 2.44 bits per heavy atom. The molecule has 0 aromatic heterocycles. The van der Waals surface area contributed by atoms with E-state index in [1.54, 1.807) is 0 Å². The van der Waals surface area contributed by atoms with E-state index in [9.17, 15) is 9.59 Å². The van der Waals surface area contributed by atoms with Crippen molar-refractivity contribution in [2.45, 2.75) is 25.7 Å². The van der Waals surface area contributed by atoms with Crippen LogP contribution in [0, 0.1) is 5.92 Å². The second-order valence-electron chi connectivity index (χ2n) is 7.09. The number of likely N-dealkylation sites (tertiary alicyclic amines) is 2. The molecule has 0 bridgehead atoms. The number of ether oxygens (including phenoxy) is 1. The molecule has 2 saturated heterocycles. The molecule has 4 rings (SSSR count). The Hall–Kier alpha value is -2.30. The molecular weight excluding hydrogens is 316 g/mol. The largest absolute Gasteiger partial charge is 0.488 e. The van der Waals surface area contributed by atoms with Gasteiger partial charge in [0.25, 0.3) is 5.91 Å². The molecule has 3 aliphatic rings. The van der Waals surface area contributed by atoms with Crippen molar-refractivity contribution in [3.8, 4) is 5.75 Å². The van der Waals surface area contributed by atoms with Gasteiger partial charge in [0, 0.05) is 37.7 Å². The van der Waals surface area contributed by atoms with Crippen molar-refractivity contribution in [2.75, 3.05) is 32.8 Å². The maximum Gasteiger partial charge on any atom is 0.253 e. The van der Waals surface area contributed by atoms with Gasteiger partial charge in [0.15, 0.2) is 0 Å². The van der Waals surface area contributed by atoms with E-state index in [2.05, 4.69) is 0 Å². The summed E-state index contributed by atoms with van der Waals surface area (Å²) in [5, 5.41) is 0. The van der Waals surface area contributed by atoms with Crippen molar-refractivity contribution in [3.05, 3.63) is 35.4 Å². The third-order valence-corrected chi connectivity index (χ3v) is 5.46. The van der Waals surface area contributed by atoms with E-state index in [1.165, 1.54) is 0 Å². The number of carbonyl (C=O) groups excluding carboxylic acids is 2. The first kappa shape index (κ1) is 16.2. The molecule has 5 nitrogen and oxygen atoms in total. The highest BCUT2D eigenvalue weighted by Gasteiger charge is 2.32. The molecule has 3 aliphatic heterocycles. The van der Waals surface area contributed by atoms with Gasteiger partial charge in [-0.15, -0.1) is 0 Å². The highest BCUT2D eigenvalue weighted by Crippen LogP contribution is 2.28. The Morgan fingerprint density at radius 2 is 1.68 bits per heavy atom. The summed E-state index contributed by atoms with van der Waals surface area (Å²) in [6.07, 6.45) is 5.72. The third kappa shape index (κ3) is 3.28. The normalized spacial score (nSPS) is 20.7. The van der Waals surface area contributed by atoms with Crippen molar-refractivity contribution in [1.82, 2.24) is 9.80 Å². The SMILES string of the molecule is O=C(C1=Cc2ccccc2OC1)N1CCC(C(=O)N2CCCC2)CC1. The predicted octanol–water partition coefficient (Wildman–Crippen LogP) is 2.32. The Kier molecular flexibility index (Phi) is 4.47. The highest BCUT2D eigenvalue weighted by atomic mass is 16.5. The van der Waals surface area contributed by atoms with Gasteiger partial charge in [-0.3, -0.25) is 9.59 Å². The van der Waals surface area contributed by atoms with Gasteiger partial charge in [-0.1, -0.05) is 18.2 Å². The smallest absolute Gasteiger partial charge is 0.253 e. The van der Waals surface area contributed by atoms with Gasteiger partial charge in [-0.25, -0.2) is 0 Å². The lowest BCUT2D eigenvalue weighted by atomic mass is 9.94. The van der Waals surface area contributed by atoms with Crippen LogP contribution in [0.4, 0.5) is 0 Å². The molecule has 1 aromatic rings. The number of nitrogens with zero attached hydrogens (tertiary/aromatic N) is 2. The van der Waals surface area contributed by atoms with Crippen molar-refractivity contribution in [2.24, 2.45) is 5.92 Å². The van der Waals surface area contributed by atoms with Gasteiger partial charge in [0.1, 0.15) is 12.4 Å². The van der Waals surface area contributed by atoms with Gasteiger partial charge in [-0.2, -0.15) is 0 Å². The van der Waals surface area contributed by atoms with Crippen LogP contribution < -0.4 is 4.74 Å². The molecule has 25 heavy (non-hydrogen) atoms. The molecule has 0 atom stereocenters. The zero-order valence-corrected chi connectivity index (χ0v) is 14.4. The van der Waals surface area contributed by atoms with Crippen LogP contribution in [0.3, 0.4) is 0 Å². The summed E-state index contributed by atoms with van der Waals surface area (Å²) in [7, 11) is 0. The number of carbonyl (C=O) groups is 2. The first-order chi connectivity index (χ1) is 12.2. The van der Waals surface area contributed by atoms with Gasteiger partial charge in [0.05, 0.1) is 5.57 Å². The van der Waals surface area contributed by atoms with Crippen LogP contribution in [0.5, 0.6) is 5.75 Å². The minimum atomic E-state index is 0.0431. The molecule has 0 unspecified atom stereocenters. The second kappa shape index (κ2) is 6.90. The van der Waals surface area contributed by atoms with E-state index in [0.29, 0.717) is 31.2 Å². The molecular formula is C20H24N2O3. The lowest BCUT2D eigenvalue weighted by Crippen LogP contribution is -2.44. The summed E-state index contributed by atoms with van der Waals surface area (Å²) >= 11 is 0. The van der Waals surface area contributed by atoms with Crippen LogP contribution in [0.15, 0.2) is 29.8 Å². The first-order valence-electron chi connectivity index (χ1n) is 9.23. The maximum atomic E-state index is 12.8. The van der Waals surface area contributed by atoms with Crippen LogP contribution in [-0.4, -0.2) is 54.4 Å². The number of hydrogen-bond acceptors (Lipinski definition) is 3. The number of hydrogen-bond donors (Lipinski definition) is 0. The summed E-state index contributed by atoms with van der Waals surface area (Å²) < 4.78 is 5.70. The van der Waals surface area contributed by atoms with E-state index < -0.39 is 0 Å². The second-order valence-corrected chi connectivity index (χ2v) is 7.09. The topological polar surface area (TPSA) is 49.9 Å². The maximum absolute atomic E-state index is 12.8. The van der Waals surface area contributed by atoms with Gasteiger partial charge < -0.3 is 14.5 Å². The highest BCUT2D eigenvalue weighted by molar-refractivity contribution is 5.99. The van der Waals surface area contributed by atoms with Crippen LogP contribution in [-0.2, 0) is 9.59 Å². The summed E-state index contributed by atoms with van der Waals surface area (Å²) in [5.74, 6) is 1.24. The number of fused-ring (bicyclic) bond motifs is 1. The molecule has 132 valence electrons. The monoisotopic (exact) mass is 340 g/mol. The number of benzene rings is 1. The Labute approximate surface area is 148 Å². The molecule has 0 aliphatic carbocycles. The molecule has 3 heterocycles. The quantitative estimate of drug-likeness (QED) is 0.830. The number of rotatable bonds is 2. The fourth-order valence-corrected chi connectivity index (χ4v) is 3.97. The minimum absolute atomic E-state index is 0.0431. The van der Waals surface area contributed by atoms with Crippen molar-refractivity contribution >= 4 is 17.9 Å². The summed E-state index contributed by atoms with van der Waals surface area (Å²) in [6, 6.07) is 7.76. The Bertz CT molecular complexity index is 699. The number of para-hydroxylation sites is 1. The standard InChI is InChI=1S/C20H24N2O3/c23-19(21-9-3-4-10-21)15-7-11-22(12-8-15)20(24)17-13-16-5-1-2-6-18(16)25-14-17/h1-2,5-6,13,15H,3-4,7-12,14H2. The fourth-order valence-electron chi connectivity index (χ4n) is 3.97. The van der Waals surface area contributed by atoms with Crippen molar-refractivity contribution < 1.29 is 14.3 Å². The van der Waals surface area contributed by atoms with E-state index in [1.807, 2.05) is 40.1 Å². The van der Waals surface area contributed by atoms with E-state index in [-0.39, 0.29) is 11.8 Å². The Balaban J connectivity index is 1.37. The molecule has 5 heteroatoms. The molecule has 2 fully saturated rings. The summed E-state index contributed by atoms with van der Waals surface area (Å²) in [5.41, 5.74) is 1.65. The molecule has 2 amide bonds. The zero-order chi connectivity index (χ0) is 17.2. The van der Waals surface area contributed by atoms with Gasteiger partial charge in [-0.05, 0) is 37.8 Å². The number of amides is 2. The van der Waals surface area contributed by atoms with Crippen LogP contribution in [0.2, 0.25) is 0 Å². The lowest BCUT2D eigenvalue weighted by Gasteiger charge is -2.34. The van der Waals surface area contributed by atoms with Crippen LogP contribution in [0.1, 0.15) is 31.2 Å². The molecule has 0 spiro atoms.